The lowest BCUT2D eigenvalue weighted by Gasteiger charge is -2.21. The van der Waals surface area contributed by atoms with Crippen molar-refractivity contribution in [3.8, 4) is 10.6 Å². The molecule has 0 fully saturated rings. The minimum absolute atomic E-state index is 0.117. The van der Waals surface area contributed by atoms with Crippen molar-refractivity contribution in [3.05, 3.63) is 32.7 Å². The number of fused-ring (bicyclic) bond motifs is 1. The summed E-state index contributed by atoms with van der Waals surface area (Å²) in [5.74, 6) is -2.94. The van der Waals surface area contributed by atoms with E-state index in [4.69, 9.17) is 0 Å². The molecule has 0 spiro atoms. The molecule has 0 saturated heterocycles. The van der Waals surface area contributed by atoms with Gasteiger partial charge in [-0.1, -0.05) is 0 Å². The van der Waals surface area contributed by atoms with E-state index < -0.39 is 5.92 Å². The van der Waals surface area contributed by atoms with Crippen LogP contribution in [0.2, 0.25) is 0 Å². The molecular weight excluding hydrogens is 402 g/mol. The molecule has 2 aliphatic carbocycles. The number of alkyl halides is 2. The number of aryl methyl sites for hydroxylation is 1. The SMILES string of the molecule is Cc1csc(-c2c(NC(=O)C3=C(CO)CCCC3)sc3c2CCC(F)(F)C3)n1. The molecule has 2 N–H and O–H groups in total. The number of amides is 1. The van der Waals surface area contributed by atoms with Gasteiger partial charge in [-0.2, -0.15) is 0 Å². The third-order valence-electron chi connectivity index (χ3n) is 5.36. The molecule has 4 nitrogen and oxygen atoms in total. The van der Waals surface area contributed by atoms with Crippen LogP contribution >= 0.6 is 22.7 Å². The number of carbonyl (C=O) groups excluding carboxylic acids is 1. The molecule has 4 rings (SSSR count). The number of aliphatic hydroxyl groups excluding tert-OH is 1. The van der Waals surface area contributed by atoms with Gasteiger partial charge in [0.25, 0.3) is 11.8 Å². The Hall–Kier alpha value is -1.64. The lowest BCUT2D eigenvalue weighted by molar-refractivity contribution is -0.113. The summed E-state index contributed by atoms with van der Waals surface area (Å²) in [4.78, 5) is 18.1. The Balaban J connectivity index is 1.73. The van der Waals surface area contributed by atoms with Crippen molar-refractivity contribution in [2.75, 3.05) is 11.9 Å². The average Bonchev–Trinajstić information content (AvgIpc) is 3.23. The second-order valence-electron chi connectivity index (χ2n) is 7.44. The number of thiophene rings is 1. The number of nitrogens with one attached hydrogen (secondary N) is 1. The number of halogens is 2. The third kappa shape index (κ3) is 3.77. The van der Waals surface area contributed by atoms with Gasteiger partial charge in [0, 0.05) is 39.9 Å². The number of thiazole rings is 1. The van der Waals surface area contributed by atoms with Crippen molar-refractivity contribution in [3.63, 3.8) is 0 Å². The summed E-state index contributed by atoms with van der Waals surface area (Å²) in [6.45, 7) is 1.78. The first-order valence-electron chi connectivity index (χ1n) is 9.46. The van der Waals surface area contributed by atoms with Crippen molar-refractivity contribution in [2.45, 2.75) is 57.8 Å². The highest BCUT2D eigenvalue weighted by atomic mass is 32.1. The van der Waals surface area contributed by atoms with Crippen LogP contribution in [-0.2, 0) is 17.6 Å². The number of aromatic nitrogens is 1. The zero-order chi connectivity index (χ0) is 19.9. The topological polar surface area (TPSA) is 62.2 Å². The molecule has 150 valence electrons. The molecule has 0 radical (unpaired) electrons. The Labute approximate surface area is 170 Å². The standard InChI is InChI=1S/C20H22F2N2O2S2/c1-11-10-27-18(23-11)16-14-6-7-20(21,22)8-15(14)28-19(16)24-17(26)13-5-3-2-4-12(13)9-25/h10,25H,2-9H2,1H3,(H,24,26). The Morgan fingerprint density at radius 1 is 1.32 bits per heavy atom. The average molecular weight is 425 g/mol. The van der Waals surface area contributed by atoms with Gasteiger partial charge in [0.15, 0.2) is 0 Å². The number of rotatable bonds is 4. The van der Waals surface area contributed by atoms with Crippen LogP contribution in [0.1, 0.15) is 48.2 Å². The zero-order valence-corrected chi connectivity index (χ0v) is 17.2. The van der Waals surface area contributed by atoms with Gasteiger partial charge in [-0.3, -0.25) is 4.79 Å². The Kier molecular flexibility index (Phi) is 5.37. The molecule has 8 heteroatoms. The van der Waals surface area contributed by atoms with Gasteiger partial charge in [0.05, 0.1) is 6.61 Å². The van der Waals surface area contributed by atoms with E-state index in [2.05, 4.69) is 10.3 Å². The first kappa shape index (κ1) is 19.7. The van der Waals surface area contributed by atoms with E-state index in [0.717, 1.165) is 46.7 Å². The minimum atomic E-state index is -2.70. The molecule has 2 aliphatic rings. The van der Waals surface area contributed by atoms with Crippen LogP contribution in [0.15, 0.2) is 16.5 Å². The Bertz CT molecular complexity index is 946. The lowest BCUT2D eigenvalue weighted by Crippen LogP contribution is -2.24. The first-order valence-corrected chi connectivity index (χ1v) is 11.2. The molecule has 0 aromatic carbocycles. The van der Waals surface area contributed by atoms with Crippen molar-refractivity contribution in [1.29, 1.82) is 0 Å². The third-order valence-corrected chi connectivity index (χ3v) is 7.48. The van der Waals surface area contributed by atoms with Crippen LogP contribution in [0.3, 0.4) is 0 Å². The van der Waals surface area contributed by atoms with Gasteiger partial charge in [0.1, 0.15) is 10.0 Å². The molecule has 2 aromatic rings. The molecule has 0 saturated carbocycles. The molecule has 0 atom stereocenters. The maximum Gasteiger partial charge on any atom is 0.253 e. The van der Waals surface area contributed by atoms with E-state index >= 15 is 0 Å². The summed E-state index contributed by atoms with van der Waals surface area (Å²) in [7, 11) is 0. The molecule has 1 amide bonds. The number of nitrogens with zero attached hydrogens (tertiary/aromatic N) is 1. The van der Waals surface area contributed by atoms with Crippen LogP contribution < -0.4 is 5.32 Å². The van der Waals surface area contributed by atoms with Gasteiger partial charge >= 0.3 is 0 Å². The largest absolute Gasteiger partial charge is 0.392 e. The number of hydrogen-bond donors (Lipinski definition) is 2. The van der Waals surface area contributed by atoms with E-state index in [-0.39, 0.29) is 31.8 Å². The van der Waals surface area contributed by atoms with Gasteiger partial charge in [-0.15, -0.1) is 22.7 Å². The number of hydrogen-bond acceptors (Lipinski definition) is 5. The smallest absolute Gasteiger partial charge is 0.253 e. The maximum atomic E-state index is 14.0. The Morgan fingerprint density at radius 2 is 2.11 bits per heavy atom. The fourth-order valence-electron chi connectivity index (χ4n) is 3.93. The summed E-state index contributed by atoms with van der Waals surface area (Å²) in [5, 5.41) is 15.8. The van der Waals surface area contributed by atoms with Crippen molar-refractivity contribution < 1.29 is 18.7 Å². The summed E-state index contributed by atoms with van der Waals surface area (Å²) >= 11 is 2.71. The molecular formula is C20H22F2N2O2S2. The van der Waals surface area contributed by atoms with Crippen LogP contribution in [0.5, 0.6) is 0 Å². The molecule has 2 heterocycles. The number of anilines is 1. The minimum Gasteiger partial charge on any atom is -0.392 e. The summed E-state index contributed by atoms with van der Waals surface area (Å²) in [6.07, 6.45) is 3.07. The van der Waals surface area contributed by atoms with Crippen LogP contribution in [-0.4, -0.2) is 28.5 Å². The van der Waals surface area contributed by atoms with Gasteiger partial charge in [-0.25, -0.2) is 13.8 Å². The van der Waals surface area contributed by atoms with E-state index in [1.807, 2.05) is 12.3 Å². The quantitative estimate of drug-likeness (QED) is 0.717. The second kappa shape index (κ2) is 7.65. The summed E-state index contributed by atoms with van der Waals surface area (Å²) < 4.78 is 27.9. The molecule has 0 bridgehead atoms. The maximum absolute atomic E-state index is 14.0. The van der Waals surface area contributed by atoms with E-state index in [1.165, 1.54) is 22.7 Å². The van der Waals surface area contributed by atoms with Crippen molar-refractivity contribution in [2.24, 2.45) is 0 Å². The highest BCUT2D eigenvalue weighted by Crippen LogP contribution is 2.48. The van der Waals surface area contributed by atoms with E-state index in [1.54, 1.807) is 0 Å². The Morgan fingerprint density at radius 3 is 2.82 bits per heavy atom. The van der Waals surface area contributed by atoms with E-state index in [9.17, 15) is 18.7 Å². The van der Waals surface area contributed by atoms with Crippen molar-refractivity contribution >= 4 is 33.6 Å². The van der Waals surface area contributed by atoms with Gasteiger partial charge in [0.2, 0.25) is 0 Å². The summed E-state index contributed by atoms with van der Waals surface area (Å²) in [5.41, 5.74) is 3.97. The predicted octanol–water partition coefficient (Wildman–Crippen LogP) is 5.11. The fraction of sp³-hybridized carbons (Fsp3) is 0.500. The normalized spacial score (nSPS) is 18.9. The fourth-order valence-corrected chi connectivity index (χ4v) is 6.19. The van der Waals surface area contributed by atoms with Crippen LogP contribution in [0.4, 0.5) is 13.8 Å². The highest BCUT2D eigenvalue weighted by Gasteiger charge is 2.38. The summed E-state index contributed by atoms with van der Waals surface area (Å²) in [6, 6.07) is 0. The molecule has 0 aliphatic heterocycles. The second-order valence-corrected chi connectivity index (χ2v) is 9.40. The predicted molar refractivity (Wildman–Crippen MR) is 108 cm³/mol. The van der Waals surface area contributed by atoms with Gasteiger partial charge in [-0.05, 0) is 50.2 Å². The number of carbonyl (C=O) groups is 1. The van der Waals surface area contributed by atoms with Crippen LogP contribution in [0, 0.1) is 6.92 Å². The molecule has 0 unspecified atom stereocenters. The first-order chi connectivity index (χ1) is 13.4. The monoisotopic (exact) mass is 424 g/mol. The van der Waals surface area contributed by atoms with Gasteiger partial charge < -0.3 is 10.4 Å². The van der Waals surface area contributed by atoms with Crippen molar-refractivity contribution in [1.82, 2.24) is 4.98 Å². The van der Waals surface area contributed by atoms with Crippen LogP contribution in [0.25, 0.3) is 10.6 Å². The zero-order valence-electron chi connectivity index (χ0n) is 15.6. The lowest BCUT2D eigenvalue weighted by atomic mass is 9.91. The number of aliphatic hydroxyl groups is 1. The van der Waals surface area contributed by atoms with E-state index in [0.29, 0.717) is 21.9 Å². The highest BCUT2D eigenvalue weighted by molar-refractivity contribution is 7.18. The molecule has 2 aromatic heterocycles. The molecule has 28 heavy (non-hydrogen) atoms.